The van der Waals surface area contributed by atoms with Gasteiger partial charge in [-0.3, -0.25) is 9.36 Å². The lowest BCUT2D eigenvalue weighted by Crippen LogP contribution is -2.40. The molecule has 0 bridgehead atoms. The van der Waals surface area contributed by atoms with Gasteiger partial charge in [0.25, 0.3) is 5.56 Å². The molecule has 17 heavy (non-hydrogen) atoms. The van der Waals surface area contributed by atoms with E-state index < -0.39 is 0 Å². The van der Waals surface area contributed by atoms with Crippen molar-refractivity contribution in [1.82, 2.24) is 9.13 Å². The van der Waals surface area contributed by atoms with Crippen LogP contribution in [-0.4, -0.2) is 14.1 Å². The summed E-state index contributed by atoms with van der Waals surface area (Å²) >= 11 is 4.90. The molecule has 2 N–H and O–H groups in total. The van der Waals surface area contributed by atoms with Crippen molar-refractivity contribution in [3.05, 3.63) is 33.1 Å². The first-order valence-corrected chi connectivity index (χ1v) is 5.89. The van der Waals surface area contributed by atoms with E-state index in [-0.39, 0.29) is 16.7 Å². The van der Waals surface area contributed by atoms with Crippen LogP contribution in [0.2, 0.25) is 0 Å². The fourth-order valence-electron chi connectivity index (χ4n) is 2.03. The highest BCUT2D eigenvalue weighted by Crippen LogP contribution is 2.49. The molecule has 92 valence electrons. The van der Waals surface area contributed by atoms with Gasteiger partial charge in [0.05, 0.1) is 4.99 Å². The average Bonchev–Trinajstić information content (AvgIpc) is 2.98. The van der Waals surface area contributed by atoms with Gasteiger partial charge in [0.1, 0.15) is 0 Å². The molecule has 0 unspecified atom stereocenters. The van der Waals surface area contributed by atoms with E-state index in [2.05, 4.69) is 0 Å². The Bertz CT molecular complexity index is 569. The highest BCUT2D eigenvalue weighted by Gasteiger charge is 2.43. The molecule has 5 nitrogen and oxygen atoms in total. The Hall–Kier alpha value is -1.43. The van der Waals surface area contributed by atoms with Gasteiger partial charge < -0.3 is 10.3 Å². The first kappa shape index (κ1) is 12.0. The molecule has 6 heteroatoms. The summed E-state index contributed by atoms with van der Waals surface area (Å²) in [6.07, 6.45) is 4.02. The summed E-state index contributed by atoms with van der Waals surface area (Å²) in [4.78, 5) is 24.0. The molecule has 0 aliphatic heterocycles. The highest BCUT2D eigenvalue weighted by molar-refractivity contribution is 7.80. The Balaban J connectivity index is 2.31. The van der Waals surface area contributed by atoms with Gasteiger partial charge in [-0.25, -0.2) is 4.79 Å². The first-order chi connectivity index (χ1) is 7.93. The number of nitrogens with zero attached hydrogens (tertiary/aromatic N) is 2. The number of nitrogens with two attached hydrogens (primary N) is 1. The van der Waals surface area contributed by atoms with E-state index in [9.17, 15) is 9.59 Å². The zero-order chi connectivity index (χ0) is 12.6. The van der Waals surface area contributed by atoms with Gasteiger partial charge in [-0.2, -0.15) is 0 Å². The van der Waals surface area contributed by atoms with Crippen LogP contribution in [0, 0.1) is 5.41 Å². The molecule has 0 spiro atoms. The van der Waals surface area contributed by atoms with Crippen LogP contribution in [0.1, 0.15) is 19.3 Å². The SMILES string of the molecule is Cn1ccc(=O)n(CC2(CC(N)=S)CC2)c1=O. The number of aryl methyl sites for hydroxylation is 1. The molecule has 1 saturated carbocycles. The minimum absolute atomic E-state index is 0.0663. The third kappa shape index (κ3) is 2.46. The minimum atomic E-state index is -0.285. The number of rotatable bonds is 4. The van der Waals surface area contributed by atoms with E-state index in [1.807, 2.05) is 0 Å². The van der Waals surface area contributed by atoms with E-state index in [0.717, 1.165) is 12.8 Å². The molecular weight excluding hydrogens is 238 g/mol. The summed E-state index contributed by atoms with van der Waals surface area (Å²) in [6, 6.07) is 1.40. The standard InChI is InChI=1S/C11H15N3O2S/c1-13-5-2-9(15)14(10(13)16)7-11(3-4-11)6-8(12)17/h2,5H,3-4,6-7H2,1H3,(H2,12,17). The van der Waals surface area contributed by atoms with E-state index >= 15 is 0 Å². The smallest absolute Gasteiger partial charge is 0.330 e. The number of hydrogen-bond acceptors (Lipinski definition) is 3. The second-order valence-electron chi connectivity index (χ2n) is 4.78. The summed E-state index contributed by atoms with van der Waals surface area (Å²) in [5, 5.41) is 0. The Labute approximate surface area is 104 Å². The molecule has 1 aromatic rings. The molecule has 0 atom stereocenters. The van der Waals surface area contributed by atoms with Crippen molar-refractivity contribution < 1.29 is 0 Å². The first-order valence-electron chi connectivity index (χ1n) is 5.48. The number of hydrogen-bond donors (Lipinski definition) is 1. The van der Waals surface area contributed by atoms with Gasteiger partial charge in [-0.15, -0.1) is 0 Å². The maximum absolute atomic E-state index is 11.8. The third-order valence-electron chi connectivity index (χ3n) is 3.24. The van der Waals surface area contributed by atoms with Crippen molar-refractivity contribution in [3.63, 3.8) is 0 Å². The monoisotopic (exact) mass is 253 g/mol. The normalized spacial score (nSPS) is 16.8. The van der Waals surface area contributed by atoms with Crippen LogP contribution in [0.5, 0.6) is 0 Å². The molecule has 1 aliphatic carbocycles. The van der Waals surface area contributed by atoms with Crippen LogP contribution >= 0.6 is 12.2 Å². The summed E-state index contributed by atoms with van der Waals surface area (Å²) in [5.74, 6) is 0. The van der Waals surface area contributed by atoms with Crippen LogP contribution in [-0.2, 0) is 13.6 Å². The van der Waals surface area contributed by atoms with Crippen LogP contribution in [0.15, 0.2) is 21.9 Å². The lowest BCUT2D eigenvalue weighted by molar-refractivity contribution is 0.411. The van der Waals surface area contributed by atoms with Gasteiger partial charge in [0.2, 0.25) is 0 Å². The molecule has 1 heterocycles. The van der Waals surface area contributed by atoms with E-state index in [1.165, 1.54) is 21.4 Å². The lowest BCUT2D eigenvalue weighted by Gasteiger charge is -2.15. The van der Waals surface area contributed by atoms with Gasteiger partial charge in [0, 0.05) is 32.3 Å². The van der Waals surface area contributed by atoms with Crippen LogP contribution < -0.4 is 17.0 Å². The van der Waals surface area contributed by atoms with Gasteiger partial charge >= 0.3 is 5.69 Å². The van der Waals surface area contributed by atoms with Crippen molar-refractivity contribution in [3.8, 4) is 0 Å². The second-order valence-corrected chi connectivity index (χ2v) is 5.30. The Morgan fingerprint density at radius 2 is 2.18 bits per heavy atom. The molecule has 0 amide bonds. The lowest BCUT2D eigenvalue weighted by atomic mass is 10.0. The van der Waals surface area contributed by atoms with E-state index in [0.29, 0.717) is 18.0 Å². The van der Waals surface area contributed by atoms with Crippen molar-refractivity contribution in [2.75, 3.05) is 0 Å². The van der Waals surface area contributed by atoms with Crippen LogP contribution in [0.25, 0.3) is 0 Å². The fraction of sp³-hybridized carbons (Fsp3) is 0.545. The van der Waals surface area contributed by atoms with Gasteiger partial charge in [0.15, 0.2) is 0 Å². The maximum atomic E-state index is 11.8. The molecule has 1 fully saturated rings. The molecular formula is C11H15N3O2S. The largest absolute Gasteiger partial charge is 0.393 e. The average molecular weight is 253 g/mol. The summed E-state index contributed by atoms with van der Waals surface area (Å²) in [7, 11) is 1.63. The quantitative estimate of drug-likeness (QED) is 0.767. The zero-order valence-corrected chi connectivity index (χ0v) is 10.5. The second kappa shape index (κ2) is 4.10. The Morgan fingerprint density at radius 1 is 1.53 bits per heavy atom. The predicted octanol–water partition coefficient (Wildman–Crippen LogP) is 0.00340. The van der Waals surface area contributed by atoms with Crippen molar-refractivity contribution >= 4 is 17.2 Å². The van der Waals surface area contributed by atoms with Crippen LogP contribution in [0.3, 0.4) is 0 Å². The summed E-state index contributed by atoms with van der Waals surface area (Å²) in [5.41, 5.74) is 4.93. The highest BCUT2D eigenvalue weighted by atomic mass is 32.1. The molecule has 0 aromatic carbocycles. The topological polar surface area (TPSA) is 70.0 Å². The van der Waals surface area contributed by atoms with Crippen molar-refractivity contribution in [1.29, 1.82) is 0 Å². The van der Waals surface area contributed by atoms with Crippen LogP contribution in [0.4, 0.5) is 0 Å². The van der Waals surface area contributed by atoms with E-state index in [1.54, 1.807) is 7.05 Å². The molecule has 1 aromatic heterocycles. The van der Waals surface area contributed by atoms with Gasteiger partial charge in [-0.1, -0.05) is 12.2 Å². The third-order valence-corrected chi connectivity index (χ3v) is 3.38. The molecule has 1 aliphatic rings. The van der Waals surface area contributed by atoms with Gasteiger partial charge in [-0.05, 0) is 18.3 Å². The van der Waals surface area contributed by atoms with E-state index in [4.69, 9.17) is 18.0 Å². The van der Waals surface area contributed by atoms with Crippen molar-refractivity contribution in [2.24, 2.45) is 18.2 Å². The maximum Gasteiger partial charge on any atom is 0.330 e. The van der Waals surface area contributed by atoms with Crippen molar-refractivity contribution in [2.45, 2.75) is 25.8 Å². The Kier molecular flexibility index (Phi) is 2.91. The number of aromatic nitrogens is 2. The molecule has 0 radical (unpaired) electrons. The predicted molar refractivity (Wildman–Crippen MR) is 69.0 cm³/mol. The molecule has 2 rings (SSSR count). The minimum Gasteiger partial charge on any atom is -0.393 e. The fourth-order valence-corrected chi connectivity index (χ4v) is 2.34. The zero-order valence-electron chi connectivity index (χ0n) is 9.68. The summed E-state index contributed by atoms with van der Waals surface area (Å²) in [6.45, 7) is 0.413. The molecule has 0 saturated heterocycles. The Morgan fingerprint density at radius 3 is 2.71 bits per heavy atom. The summed E-state index contributed by atoms with van der Waals surface area (Å²) < 4.78 is 2.67. The number of thiocarbonyl (C=S) groups is 1.